The topological polar surface area (TPSA) is 92.7 Å². The van der Waals surface area contributed by atoms with Crippen LogP contribution in [0.25, 0.3) is 0 Å². The standard InChI is InChI=1S/C12H17NO5S/c1-19(16,17)8-6-13-5-7-18-11-4-2-3-10(9-11)12(14)15/h2-4,9,13H,5-8H2,1H3,(H,14,15). The van der Waals surface area contributed by atoms with Gasteiger partial charge in [0, 0.05) is 19.3 Å². The first-order chi connectivity index (χ1) is 8.88. The van der Waals surface area contributed by atoms with Crippen molar-refractivity contribution in [2.24, 2.45) is 0 Å². The predicted octanol–water partition coefficient (Wildman–Crippen LogP) is 0.398. The lowest BCUT2D eigenvalue weighted by atomic mass is 10.2. The Hall–Kier alpha value is -1.60. The maximum atomic E-state index is 10.9. The first kappa shape index (κ1) is 15.5. The van der Waals surface area contributed by atoms with E-state index < -0.39 is 15.8 Å². The van der Waals surface area contributed by atoms with Crippen molar-refractivity contribution in [3.63, 3.8) is 0 Å². The summed E-state index contributed by atoms with van der Waals surface area (Å²) in [5, 5.41) is 11.7. The summed E-state index contributed by atoms with van der Waals surface area (Å²) in [7, 11) is -2.95. The van der Waals surface area contributed by atoms with Crippen molar-refractivity contribution < 1.29 is 23.1 Å². The SMILES string of the molecule is CS(=O)(=O)CCNCCOc1cccc(C(=O)O)c1. The molecule has 1 aromatic rings. The third-order valence-corrected chi connectivity index (χ3v) is 3.22. The molecule has 0 aromatic heterocycles. The zero-order chi connectivity index (χ0) is 14.3. The van der Waals surface area contributed by atoms with Crippen LogP contribution in [0.15, 0.2) is 24.3 Å². The molecule has 0 aliphatic carbocycles. The summed E-state index contributed by atoms with van der Waals surface area (Å²) in [5.74, 6) is -0.442. The number of rotatable bonds is 8. The van der Waals surface area contributed by atoms with Crippen molar-refractivity contribution in [1.82, 2.24) is 5.32 Å². The number of carboxylic acid groups (broad SMARTS) is 1. The maximum absolute atomic E-state index is 10.9. The number of benzene rings is 1. The zero-order valence-electron chi connectivity index (χ0n) is 10.6. The lowest BCUT2D eigenvalue weighted by Gasteiger charge is -2.07. The third-order valence-electron chi connectivity index (χ3n) is 2.28. The van der Waals surface area contributed by atoms with E-state index >= 15 is 0 Å². The molecule has 0 spiro atoms. The number of carboxylic acids is 1. The fourth-order valence-electron chi connectivity index (χ4n) is 1.34. The molecule has 1 rings (SSSR count). The van der Waals surface area contributed by atoms with Gasteiger partial charge in [0.1, 0.15) is 22.2 Å². The van der Waals surface area contributed by atoms with Gasteiger partial charge in [0.25, 0.3) is 0 Å². The molecular weight excluding hydrogens is 270 g/mol. The van der Waals surface area contributed by atoms with E-state index in [-0.39, 0.29) is 11.3 Å². The van der Waals surface area contributed by atoms with Crippen LogP contribution in [0.2, 0.25) is 0 Å². The molecule has 19 heavy (non-hydrogen) atoms. The van der Waals surface area contributed by atoms with Gasteiger partial charge >= 0.3 is 5.97 Å². The molecule has 7 heteroatoms. The number of hydrogen-bond donors (Lipinski definition) is 2. The number of nitrogens with one attached hydrogen (secondary N) is 1. The minimum absolute atomic E-state index is 0.0848. The van der Waals surface area contributed by atoms with Crippen LogP contribution in [0.1, 0.15) is 10.4 Å². The number of aromatic carboxylic acids is 1. The molecule has 0 saturated carbocycles. The van der Waals surface area contributed by atoms with Gasteiger partial charge in [-0.2, -0.15) is 0 Å². The van der Waals surface area contributed by atoms with Crippen molar-refractivity contribution in [3.05, 3.63) is 29.8 Å². The highest BCUT2D eigenvalue weighted by Crippen LogP contribution is 2.12. The van der Waals surface area contributed by atoms with Crippen molar-refractivity contribution in [2.45, 2.75) is 0 Å². The van der Waals surface area contributed by atoms with Crippen LogP contribution in [-0.4, -0.2) is 51.2 Å². The molecule has 0 atom stereocenters. The minimum Gasteiger partial charge on any atom is -0.492 e. The van der Waals surface area contributed by atoms with Crippen LogP contribution in [-0.2, 0) is 9.84 Å². The smallest absolute Gasteiger partial charge is 0.335 e. The van der Waals surface area contributed by atoms with Gasteiger partial charge in [-0.15, -0.1) is 0 Å². The Balaban J connectivity index is 2.26. The second kappa shape index (κ2) is 7.10. The molecule has 2 N–H and O–H groups in total. The van der Waals surface area contributed by atoms with Gasteiger partial charge in [-0.3, -0.25) is 0 Å². The van der Waals surface area contributed by atoms with Crippen LogP contribution in [0, 0.1) is 0 Å². The second-order valence-corrected chi connectivity index (χ2v) is 6.32. The van der Waals surface area contributed by atoms with Crippen LogP contribution >= 0.6 is 0 Å². The summed E-state index contributed by atoms with van der Waals surface area (Å²) < 4.78 is 27.1. The zero-order valence-corrected chi connectivity index (χ0v) is 11.4. The average Bonchev–Trinajstić information content (AvgIpc) is 2.32. The number of sulfone groups is 1. The number of ether oxygens (including phenoxy) is 1. The second-order valence-electron chi connectivity index (χ2n) is 4.06. The molecule has 6 nitrogen and oxygen atoms in total. The number of hydrogen-bond acceptors (Lipinski definition) is 5. The predicted molar refractivity (Wildman–Crippen MR) is 71.5 cm³/mol. The van der Waals surface area contributed by atoms with Crippen LogP contribution in [0.5, 0.6) is 5.75 Å². The third kappa shape index (κ3) is 6.78. The molecular formula is C12H17NO5S. The van der Waals surface area contributed by atoms with Gasteiger partial charge in [0.15, 0.2) is 0 Å². The van der Waals surface area contributed by atoms with Gasteiger partial charge in [0.2, 0.25) is 0 Å². The van der Waals surface area contributed by atoms with Gasteiger partial charge in [-0.25, -0.2) is 13.2 Å². The molecule has 0 amide bonds. The molecule has 106 valence electrons. The molecule has 0 unspecified atom stereocenters. The normalized spacial score (nSPS) is 11.2. The molecule has 0 heterocycles. The van der Waals surface area contributed by atoms with Gasteiger partial charge in [0.05, 0.1) is 11.3 Å². The van der Waals surface area contributed by atoms with E-state index in [1.54, 1.807) is 12.1 Å². The Morgan fingerprint density at radius 3 is 2.74 bits per heavy atom. The van der Waals surface area contributed by atoms with Crippen molar-refractivity contribution in [2.75, 3.05) is 31.7 Å². The molecule has 0 bridgehead atoms. The Kier molecular flexibility index (Phi) is 5.78. The van der Waals surface area contributed by atoms with E-state index in [9.17, 15) is 13.2 Å². The molecule has 0 radical (unpaired) electrons. The van der Waals surface area contributed by atoms with E-state index in [2.05, 4.69) is 5.32 Å². The summed E-state index contributed by atoms with van der Waals surface area (Å²) in [5.41, 5.74) is 0.169. The van der Waals surface area contributed by atoms with Crippen molar-refractivity contribution in [3.8, 4) is 5.75 Å². The minimum atomic E-state index is -2.95. The first-order valence-corrected chi connectivity index (χ1v) is 7.79. The van der Waals surface area contributed by atoms with E-state index in [0.717, 1.165) is 0 Å². The average molecular weight is 287 g/mol. The Bertz CT molecular complexity index is 527. The summed E-state index contributed by atoms with van der Waals surface area (Å²) in [6, 6.07) is 6.21. The Morgan fingerprint density at radius 1 is 1.37 bits per heavy atom. The molecule has 0 saturated heterocycles. The van der Waals surface area contributed by atoms with E-state index in [1.807, 2.05) is 0 Å². The van der Waals surface area contributed by atoms with Crippen LogP contribution in [0.3, 0.4) is 0 Å². The van der Waals surface area contributed by atoms with Crippen LogP contribution in [0.4, 0.5) is 0 Å². The van der Waals surface area contributed by atoms with Crippen LogP contribution < -0.4 is 10.1 Å². The Labute approximate surface area is 112 Å². The fraction of sp³-hybridized carbons (Fsp3) is 0.417. The highest BCUT2D eigenvalue weighted by molar-refractivity contribution is 7.90. The van der Waals surface area contributed by atoms with Gasteiger partial charge in [-0.05, 0) is 18.2 Å². The van der Waals surface area contributed by atoms with E-state index in [1.165, 1.54) is 18.4 Å². The largest absolute Gasteiger partial charge is 0.492 e. The monoisotopic (exact) mass is 287 g/mol. The van der Waals surface area contributed by atoms with Gasteiger partial charge < -0.3 is 15.2 Å². The summed E-state index contributed by atoms with van der Waals surface area (Å²) in [4.78, 5) is 10.7. The fourth-order valence-corrected chi connectivity index (χ4v) is 1.86. The lowest BCUT2D eigenvalue weighted by Crippen LogP contribution is -2.26. The molecule has 0 aliphatic heterocycles. The number of carbonyl (C=O) groups is 1. The maximum Gasteiger partial charge on any atom is 0.335 e. The summed E-state index contributed by atoms with van der Waals surface area (Å²) >= 11 is 0. The Morgan fingerprint density at radius 2 is 2.11 bits per heavy atom. The van der Waals surface area contributed by atoms with Gasteiger partial charge in [-0.1, -0.05) is 6.07 Å². The molecule has 1 aromatic carbocycles. The first-order valence-electron chi connectivity index (χ1n) is 5.73. The quantitative estimate of drug-likeness (QED) is 0.672. The summed E-state index contributed by atoms with van der Waals surface area (Å²) in [6.45, 7) is 1.21. The van der Waals surface area contributed by atoms with E-state index in [4.69, 9.17) is 9.84 Å². The molecule has 0 aliphatic rings. The summed E-state index contributed by atoms with van der Waals surface area (Å²) in [6.07, 6.45) is 1.18. The van der Waals surface area contributed by atoms with Crippen molar-refractivity contribution >= 4 is 15.8 Å². The van der Waals surface area contributed by atoms with E-state index in [0.29, 0.717) is 25.4 Å². The molecule has 0 fully saturated rings. The highest BCUT2D eigenvalue weighted by atomic mass is 32.2. The van der Waals surface area contributed by atoms with Crippen molar-refractivity contribution in [1.29, 1.82) is 0 Å². The highest BCUT2D eigenvalue weighted by Gasteiger charge is 2.04. The lowest BCUT2D eigenvalue weighted by molar-refractivity contribution is 0.0696.